The van der Waals surface area contributed by atoms with E-state index in [1.807, 2.05) is 36.6 Å². The molecular weight excluding hydrogens is 366 g/mol. The molecule has 2 heterocycles. The molecule has 7 nitrogen and oxygen atoms in total. The molecule has 0 spiro atoms. The largest absolute Gasteiger partial charge is 0.493 e. The highest BCUT2D eigenvalue weighted by Gasteiger charge is 2.15. The van der Waals surface area contributed by atoms with E-state index in [-0.39, 0.29) is 12.3 Å². The molecule has 0 unspecified atom stereocenters. The number of benzene rings is 1. The zero-order valence-corrected chi connectivity index (χ0v) is 16.5. The Bertz CT molecular complexity index is 935. The maximum atomic E-state index is 12.4. The monoisotopic (exact) mass is 387 g/mol. The number of amides is 1. The van der Waals surface area contributed by atoms with Gasteiger partial charge in [-0.15, -0.1) is 11.3 Å². The third-order valence-corrected chi connectivity index (χ3v) is 4.96. The van der Waals surface area contributed by atoms with Gasteiger partial charge in [0, 0.05) is 24.1 Å². The maximum absolute atomic E-state index is 12.4. The van der Waals surface area contributed by atoms with Crippen molar-refractivity contribution in [2.45, 2.75) is 19.9 Å². The van der Waals surface area contributed by atoms with E-state index in [0.717, 1.165) is 27.7 Å². The van der Waals surface area contributed by atoms with E-state index < -0.39 is 0 Å². The summed E-state index contributed by atoms with van der Waals surface area (Å²) in [7, 11) is 4.94. The van der Waals surface area contributed by atoms with Crippen LogP contribution in [0.25, 0.3) is 10.6 Å². The second kappa shape index (κ2) is 8.22. The average molecular weight is 387 g/mol. The number of methoxy groups -OCH3 is 2. The Hall–Kier alpha value is -2.87. The Kier molecular flexibility index (Phi) is 5.75. The SMILES string of the molecule is COc1ccc(-c2nc(CC(=O)N(C)Cc3cc(C)on3)cs2)cc1OC. The Labute approximate surface area is 161 Å². The molecule has 0 aliphatic rings. The summed E-state index contributed by atoms with van der Waals surface area (Å²) in [6, 6.07) is 7.46. The van der Waals surface area contributed by atoms with Crippen LogP contribution in [-0.4, -0.2) is 42.2 Å². The number of ether oxygens (including phenoxy) is 2. The van der Waals surface area contributed by atoms with Gasteiger partial charge >= 0.3 is 0 Å². The molecule has 0 N–H and O–H groups in total. The zero-order valence-electron chi connectivity index (χ0n) is 15.7. The number of thiazole rings is 1. The van der Waals surface area contributed by atoms with E-state index >= 15 is 0 Å². The standard InChI is InChI=1S/C19H21N3O4S/c1-12-7-14(21-26-12)10-22(2)18(23)9-15-11-27-19(20-15)13-5-6-16(24-3)17(8-13)25-4/h5-8,11H,9-10H2,1-4H3. The van der Waals surface area contributed by atoms with Crippen LogP contribution in [0, 0.1) is 6.92 Å². The number of nitrogens with zero attached hydrogens (tertiary/aromatic N) is 3. The maximum Gasteiger partial charge on any atom is 0.228 e. The van der Waals surface area contributed by atoms with Gasteiger partial charge in [0.1, 0.15) is 16.5 Å². The second-order valence-corrected chi connectivity index (χ2v) is 6.93. The topological polar surface area (TPSA) is 77.7 Å². The molecule has 0 atom stereocenters. The van der Waals surface area contributed by atoms with E-state index in [9.17, 15) is 4.79 Å². The number of rotatable bonds is 7. The molecule has 0 radical (unpaired) electrons. The minimum atomic E-state index is -0.0279. The van der Waals surface area contributed by atoms with Crippen LogP contribution in [0.4, 0.5) is 0 Å². The molecule has 1 amide bonds. The number of carbonyl (C=O) groups is 1. The molecule has 0 bridgehead atoms. The first-order chi connectivity index (χ1) is 13.0. The Morgan fingerprint density at radius 1 is 1.19 bits per heavy atom. The fourth-order valence-corrected chi connectivity index (χ4v) is 3.42. The number of aromatic nitrogens is 2. The lowest BCUT2D eigenvalue weighted by molar-refractivity contribution is -0.129. The van der Waals surface area contributed by atoms with Gasteiger partial charge < -0.3 is 18.9 Å². The Balaban J connectivity index is 1.67. The van der Waals surface area contributed by atoms with Gasteiger partial charge in [-0.3, -0.25) is 4.79 Å². The summed E-state index contributed by atoms with van der Waals surface area (Å²) in [6.07, 6.45) is 0.233. The number of hydrogen-bond acceptors (Lipinski definition) is 7. The van der Waals surface area contributed by atoms with Crippen LogP contribution >= 0.6 is 11.3 Å². The number of likely N-dealkylation sites (N-methyl/N-ethyl adjacent to an activating group) is 1. The van der Waals surface area contributed by atoms with Gasteiger partial charge in [-0.1, -0.05) is 5.16 Å². The van der Waals surface area contributed by atoms with Crippen molar-refractivity contribution >= 4 is 17.2 Å². The predicted molar refractivity (Wildman–Crippen MR) is 102 cm³/mol. The first-order valence-electron chi connectivity index (χ1n) is 8.33. The van der Waals surface area contributed by atoms with Crippen LogP contribution in [-0.2, 0) is 17.8 Å². The smallest absolute Gasteiger partial charge is 0.228 e. The molecule has 2 aromatic heterocycles. The number of aryl methyl sites for hydroxylation is 1. The summed E-state index contributed by atoms with van der Waals surface area (Å²) in [5.41, 5.74) is 2.38. The first-order valence-corrected chi connectivity index (χ1v) is 9.21. The third-order valence-electron chi connectivity index (χ3n) is 4.02. The highest BCUT2D eigenvalue weighted by molar-refractivity contribution is 7.13. The molecule has 142 valence electrons. The molecule has 3 rings (SSSR count). The zero-order chi connectivity index (χ0) is 19.4. The molecule has 3 aromatic rings. The lowest BCUT2D eigenvalue weighted by atomic mass is 10.2. The summed E-state index contributed by atoms with van der Waals surface area (Å²) in [6.45, 7) is 2.23. The summed E-state index contributed by atoms with van der Waals surface area (Å²) in [5, 5.41) is 6.64. The lowest BCUT2D eigenvalue weighted by Crippen LogP contribution is -2.27. The van der Waals surface area contributed by atoms with Gasteiger partial charge in [0.25, 0.3) is 0 Å². The molecule has 0 saturated heterocycles. The Morgan fingerprint density at radius 2 is 1.96 bits per heavy atom. The van der Waals surface area contributed by atoms with E-state index in [0.29, 0.717) is 18.0 Å². The van der Waals surface area contributed by atoms with Crippen molar-refractivity contribution in [2.75, 3.05) is 21.3 Å². The number of carbonyl (C=O) groups excluding carboxylic acids is 1. The molecule has 0 aliphatic carbocycles. The van der Waals surface area contributed by atoms with Crippen LogP contribution in [0.2, 0.25) is 0 Å². The van der Waals surface area contributed by atoms with Crippen molar-refractivity contribution in [1.29, 1.82) is 0 Å². The third kappa shape index (κ3) is 4.46. The van der Waals surface area contributed by atoms with Gasteiger partial charge in [-0.2, -0.15) is 0 Å². The molecule has 0 saturated carbocycles. The van der Waals surface area contributed by atoms with Crippen molar-refractivity contribution in [3.05, 3.63) is 46.8 Å². The van der Waals surface area contributed by atoms with Gasteiger partial charge in [-0.25, -0.2) is 4.98 Å². The van der Waals surface area contributed by atoms with Crippen molar-refractivity contribution in [3.63, 3.8) is 0 Å². The Morgan fingerprint density at radius 3 is 2.63 bits per heavy atom. The van der Waals surface area contributed by atoms with E-state index in [1.165, 1.54) is 11.3 Å². The normalized spacial score (nSPS) is 10.7. The predicted octanol–water partition coefficient (Wildman–Crippen LogP) is 3.32. The summed E-state index contributed by atoms with van der Waals surface area (Å²) < 4.78 is 15.6. The van der Waals surface area contributed by atoms with Gasteiger partial charge in [-0.05, 0) is 25.1 Å². The van der Waals surface area contributed by atoms with Crippen molar-refractivity contribution in [1.82, 2.24) is 15.0 Å². The molecule has 0 fully saturated rings. The quantitative estimate of drug-likeness (QED) is 0.619. The van der Waals surface area contributed by atoms with Crippen LogP contribution < -0.4 is 9.47 Å². The van der Waals surface area contributed by atoms with Crippen LogP contribution in [0.3, 0.4) is 0 Å². The van der Waals surface area contributed by atoms with E-state index in [2.05, 4.69) is 10.1 Å². The minimum absolute atomic E-state index is 0.0279. The minimum Gasteiger partial charge on any atom is -0.493 e. The van der Waals surface area contributed by atoms with Crippen molar-refractivity contribution < 1.29 is 18.8 Å². The van der Waals surface area contributed by atoms with Crippen LogP contribution in [0.15, 0.2) is 34.2 Å². The van der Waals surface area contributed by atoms with Gasteiger partial charge in [0.2, 0.25) is 5.91 Å². The molecule has 0 aliphatic heterocycles. The van der Waals surface area contributed by atoms with Crippen LogP contribution in [0.5, 0.6) is 11.5 Å². The first kappa shape index (κ1) is 18.9. The van der Waals surface area contributed by atoms with Crippen molar-refractivity contribution in [3.8, 4) is 22.1 Å². The lowest BCUT2D eigenvalue weighted by Gasteiger charge is -2.14. The molecule has 27 heavy (non-hydrogen) atoms. The van der Waals surface area contributed by atoms with E-state index in [1.54, 1.807) is 26.2 Å². The van der Waals surface area contributed by atoms with Gasteiger partial charge in [0.05, 0.1) is 32.9 Å². The van der Waals surface area contributed by atoms with Crippen molar-refractivity contribution in [2.24, 2.45) is 0 Å². The molecule has 1 aromatic carbocycles. The number of hydrogen-bond donors (Lipinski definition) is 0. The van der Waals surface area contributed by atoms with Crippen LogP contribution in [0.1, 0.15) is 17.1 Å². The second-order valence-electron chi connectivity index (χ2n) is 6.07. The summed E-state index contributed by atoms with van der Waals surface area (Å²) >= 11 is 1.49. The fourth-order valence-electron chi connectivity index (χ4n) is 2.60. The molecule has 8 heteroatoms. The highest BCUT2D eigenvalue weighted by Crippen LogP contribution is 2.33. The average Bonchev–Trinajstić information content (AvgIpc) is 3.30. The summed E-state index contributed by atoms with van der Waals surface area (Å²) in [5.74, 6) is 2.01. The highest BCUT2D eigenvalue weighted by atomic mass is 32.1. The van der Waals surface area contributed by atoms with E-state index in [4.69, 9.17) is 14.0 Å². The molecular formula is C19H21N3O4S. The fraction of sp³-hybridized carbons (Fsp3) is 0.316. The summed E-state index contributed by atoms with van der Waals surface area (Å²) in [4.78, 5) is 18.7. The van der Waals surface area contributed by atoms with Gasteiger partial charge in [0.15, 0.2) is 11.5 Å².